The number of nitrogens with one attached hydrogen (secondary N) is 2. The summed E-state index contributed by atoms with van der Waals surface area (Å²) in [5, 5.41) is 11.2. The number of hydrogen-bond acceptors (Lipinski definition) is 5. The van der Waals surface area contributed by atoms with Crippen molar-refractivity contribution in [3.63, 3.8) is 0 Å². The normalized spacial score (nSPS) is 13.2. The summed E-state index contributed by atoms with van der Waals surface area (Å²) < 4.78 is 2.10. The van der Waals surface area contributed by atoms with E-state index in [-0.39, 0.29) is 5.62 Å². The van der Waals surface area contributed by atoms with E-state index in [1.807, 2.05) is 24.3 Å². The molecule has 6 heteroatoms. The van der Waals surface area contributed by atoms with Crippen LogP contribution in [0.25, 0.3) is 22.6 Å². The van der Waals surface area contributed by atoms with Gasteiger partial charge in [0.15, 0.2) is 0 Å². The van der Waals surface area contributed by atoms with Crippen molar-refractivity contribution < 1.29 is 0 Å². The molecule has 0 saturated carbocycles. The monoisotopic (exact) mass is 264 g/mol. The van der Waals surface area contributed by atoms with Crippen molar-refractivity contribution in [2.45, 2.75) is 6.54 Å². The van der Waals surface area contributed by atoms with Crippen molar-refractivity contribution in [2.75, 3.05) is 11.9 Å². The highest BCUT2D eigenvalue weighted by molar-refractivity contribution is 5.79. The maximum atomic E-state index is 7.86. The summed E-state index contributed by atoms with van der Waals surface area (Å²) in [6.07, 6.45) is 3.46. The first-order chi connectivity index (χ1) is 9.83. The Kier molecular flexibility index (Phi) is 2.29. The molecule has 2 N–H and O–H groups in total. The maximum absolute atomic E-state index is 7.86. The van der Waals surface area contributed by atoms with E-state index in [0.717, 1.165) is 41.6 Å². The van der Waals surface area contributed by atoms with Gasteiger partial charge in [-0.25, -0.2) is 4.98 Å². The Hall–Kier alpha value is -2.76. The smallest absolute Gasteiger partial charge is 0.244 e. The molecule has 0 fully saturated rings. The third-order valence-corrected chi connectivity index (χ3v) is 3.48. The van der Waals surface area contributed by atoms with Gasteiger partial charge in [-0.05, 0) is 24.3 Å². The lowest BCUT2D eigenvalue weighted by Crippen LogP contribution is -2.18. The molecule has 20 heavy (non-hydrogen) atoms. The summed E-state index contributed by atoms with van der Waals surface area (Å²) in [5.41, 5.74) is 2.73. The van der Waals surface area contributed by atoms with E-state index in [1.54, 1.807) is 12.4 Å². The fourth-order valence-corrected chi connectivity index (χ4v) is 2.59. The van der Waals surface area contributed by atoms with Crippen LogP contribution in [0.1, 0.15) is 0 Å². The van der Waals surface area contributed by atoms with Crippen LogP contribution < -0.4 is 10.9 Å². The number of anilines is 1. The van der Waals surface area contributed by atoms with E-state index >= 15 is 0 Å². The molecular weight excluding hydrogens is 252 g/mol. The van der Waals surface area contributed by atoms with Crippen LogP contribution in [0, 0.1) is 5.41 Å². The SMILES string of the molecule is N=c1nc(-c2ccncc2)c2ccc3n(c-2n1)CCN3. The Balaban J connectivity index is 2.05. The zero-order valence-electron chi connectivity index (χ0n) is 10.7. The second kappa shape index (κ2) is 4.12. The third kappa shape index (κ3) is 1.58. The fourth-order valence-electron chi connectivity index (χ4n) is 2.59. The van der Waals surface area contributed by atoms with Gasteiger partial charge in [-0.3, -0.25) is 10.4 Å². The maximum Gasteiger partial charge on any atom is 0.244 e. The van der Waals surface area contributed by atoms with Gasteiger partial charge in [0.25, 0.3) is 0 Å². The molecule has 98 valence electrons. The Morgan fingerprint density at radius 2 is 1.95 bits per heavy atom. The standard InChI is InChI=1S/C14H12N6/c15-14-18-12(9-3-5-16-6-4-9)10-1-2-11-17-7-8-20(11)13(10)19-14/h1-6,15,17H,7-8H2. The molecule has 1 aromatic rings. The lowest BCUT2D eigenvalue weighted by molar-refractivity contribution is 0.777. The van der Waals surface area contributed by atoms with E-state index in [1.165, 1.54) is 0 Å². The van der Waals surface area contributed by atoms with Crippen molar-refractivity contribution in [1.82, 2.24) is 19.5 Å². The molecule has 0 amide bonds. The van der Waals surface area contributed by atoms with Gasteiger partial charge >= 0.3 is 0 Å². The lowest BCUT2D eigenvalue weighted by atomic mass is 10.1. The van der Waals surface area contributed by atoms with Crippen molar-refractivity contribution in [3.8, 4) is 22.6 Å². The van der Waals surface area contributed by atoms with Gasteiger partial charge in [0.05, 0.1) is 5.69 Å². The largest absolute Gasteiger partial charge is 0.370 e. The predicted octanol–water partition coefficient (Wildman–Crippen LogP) is 1.35. The number of aromatic nitrogens is 4. The van der Waals surface area contributed by atoms with E-state index in [9.17, 15) is 0 Å². The minimum absolute atomic E-state index is 0.0390. The molecule has 0 spiro atoms. The molecule has 4 heterocycles. The highest BCUT2D eigenvalue weighted by Crippen LogP contribution is 2.32. The second-order valence-corrected chi connectivity index (χ2v) is 4.67. The fraction of sp³-hybridized carbons (Fsp3) is 0.143. The molecule has 3 aliphatic rings. The van der Waals surface area contributed by atoms with Crippen LogP contribution in [0.15, 0.2) is 36.7 Å². The highest BCUT2D eigenvalue weighted by Gasteiger charge is 2.20. The lowest BCUT2D eigenvalue weighted by Gasteiger charge is -2.15. The third-order valence-electron chi connectivity index (χ3n) is 3.48. The number of fused-ring (bicyclic) bond motifs is 3. The van der Waals surface area contributed by atoms with Gasteiger partial charge in [0.1, 0.15) is 11.6 Å². The van der Waals surface area contributed by atoms with Gasteiger partial charge in [-0.15, -0.1) is 0 Å². The van der Waals surface area contributed by atoms with Crippen molar-refractivity contribution in [1.29, 1.82) is 5.41 Å². The summed E-state index contributed by atoms with van der Waals surface area (Å²) in [7, 11) is 0. The number of hydrogen-bond donors (Lipinski definition) is 2. The van der Waals surface area contributed by atoms with Crippen molar-refractivity contribution in [2.24, 2.45) is 0 Å². The van der Waals surface area contributed by atoms with Crippen LogP contribution in [-0.4, -0.2) is 26.1 Å². The van der Waals surface area contributed by atoms with E-state index < -0.39 is 0 Å². The van der Waals surface area contributed by atoms with Crippen LogP contribution in [-0.2, 0) is 6.54 Å². The highest BCUT2D eigenvalue weighted by atomic mass is 15.2. The second-order valence-electron chi connectivity index (χ2n) is 4.67. The molecular formula is C14H12N6. The molecule has 0 bridgehead atoms. The summed E-state index contributed by atoms with van der Waals surface area (Å²) in [4.78, 5) is 12.6. The molecule has 4 rings (SSSR count). The van der Waals surface area contributed by atoms with Gasteiger partial charge in [-0.2, -0.15) is 4.98 Å². The van der Waals surface area contributed by atoms with Crippen molar-refractivity contribution in [3.05, 3.63) is 42.3 Å². The zero-order chi connectivity index (χ0) is 13.5. The van der Waals surface area contributed by atoms with Crippen LogP contribution in [0.5, 0.6) is 0 Å². The summed E-state index contributed by atoms with van der Waals surface area (Å²) in [5.74, 6) is 1.84. The summed E-state index contributed by atoms with van der Waals surface area (Å²) >= 11 is 0. The first kappa shape index (κ1) is 11.1. The minimum atomic E-state index is 0.0390. The molecule has 0 unspecified atom stereocenters. The van der Waals surface area contributed by atoms with Gasteiger partial charge in [0.2, 0.25) is 5.62 Å². The first-order valence-corrected chi connectivity index (χ1v) is 6.43. The molecule has 0 saturated heterocycles. The van der Waals surface area contributed by atoms with E-state index in [2.05, 4.69) is 24.8 Å². The molecule has 0 aromatic carbocycles. The zero-order valence-corrected chi connectivity index (χ0v) is 10.7. The average molecular weight is 264 g/mol. The predicted molar refractivity (Wildman–Crippen MR) is 74.2 cm³/mol. The van der Waals surface area contributed by atoms with Gasteiger partial charge in [0, 0.05) is 36.6 Å². The Labute approximate surface area is 115 Å². The van der Waals surface area contributed by atoms with Crippen LogP contribution in [0.3, 0.4) is 0 Å². The van der Waals surface area contributed by atoms with Crippen LogP contribution >= 0.6 is 0 Å². The molecule has 0 radical (unpaired) electrons. The molecule has 3 aliphatic heterocycles. The van der Waals surface area contributed by atoms with Crippen LogP contribution in [0.4, 0.5) is 5.82 Å². The number of rotatable bonds is 1. The quantitative estimate of drug-likeness (QED) is 0.695. The molecule has 6 nitrogen and oxygen atoms in total. The summed E-state index contributed by atoms with van der Waals surface area (Å²) in [6.45, 7) is 1.75. The van der Waals surface area contributed by atoms with Crippen LogP contribution in [0.2, 0.25) is 0 Å². The Morgan fingerprint density at radius 1 is 1.10 bits per heavy atom. The molecule has 1 aromatic heterocycles. The first-order valence-electron chi connectivity index (χ1n) is 6.43. The van der Waals surface area contributed by atoms with Gasteiger partial charge in [-0.1, -0.05) is 0 Å². The van der Waals surface area contributed by atoms with E-state index in [4.69, 9.17) is 5.41 Å². The minimum Gasteiger partial charge on any atom is -0.370 e. The Morgan fingerprint density at radius 3 is 2.80 bits per heavy atom. The molecule has 0 aliphatic carbocycles. The Bertz CT molecular complexity index is 808. The topological polar surface area (TPSA) is 79.5 Å². The number of pyridine rings is 2. The van der Waals surface area contributed by atoms with Crippen molar-refractivity contribution >= 4 is 5.82 Å². The van der Waals surface area contributed by atoms with Gasteiger partial charge < -0.3 is 9.88 Å². The average Bonchev–Trinajstić information content (AvgIpc) is 2.96. The van der Waals surface area contributed by atoms with E-state index in [0.29, 0.717) is 0 Å². The number of nitrogens with zero attached hydrogens (tertiary/aromatic N) is 4. The molecule has 0 atom stereocenters. The summed E-state index contributed by atoms with van der Waals surface area (Å²) in [6, 6.07) is 7.84.